The van der Waals surface area contributed by atoms with Gasteiger partial charge in [-0.25, -0.2) is 0 Å². The second kappa shape index (κ2) is 22.9. The van der Waals surface area contributed by atoms with Crippen molar-refractivity contribution in [2.75, 3.05) is 26.8 Å². The molecule has 1 N–H and O–H groups in total. The fraction of sp³-hybridized carbons (Fsp3) is 0.652. The smallest absolute Gasteiger partial charge is 0.0587 e. The summed E-state index contributed by atoms with van der Waals surface area (Å²) in [4.78, 5) is 0. The lowest BCUT2D eigenvalue weighted by Gasteiger charge is -2.02. The van der Waals surface area contributed by atoms with Crippen molar-refractivity contribution in [1.82, 2.24) is 5.32 Å². The van der Waals surface area contributed by atoms with Crippen LogP contribution in [0.25, 0.3) is 0 Å². The summed E-state index contributed by atoms with van der Waals surface area (Å²) in [5.74, 6) is 0. The molecule has 0 saturated carbocycles. The lowest BCUT2D eigenvalue weighted by atomic mass is 10.2. The Balaban J connectivity index is 3.32. The molecule has 2 heteroatoms. The van der Waals surface area contributed by atoms with Crippen molar-refractivity contribution in [1.29, 1.82) is 0 Å². The minimum Gasteiger partial charge on any atom is -0.383 e. The molecule has 25 heavy (non-hydrogen) atoms. The van der Waals surface area contributed by atoms with E-state index in [9.17, 15) is 0 Å². The largest absolute Gasteiger partial charge is 0.383 e. The van der Waals surface area contributed by atoms with E-state index in [1.165, 1.54) is 44.9 Å². The van der Waals surface area contributed by atoms with Gasteiger partial charge in [-0.05, 0) is 57.9 Å². The van der Waals surface area contributed by atoms with Crippen molar-refractivity contribution in [3.8, 4) is 0 Å². The number of nitrogens with one attached hydrogen (secondary N) is 1. The van der Waals surface area contributed by atoms with Gasteiger partial charge in [-0.3, -0.25) is 0 Å². The van der Waals surface area contributed by atoms with Crippen LogP contribution in [0, 0.1) is 0 Å². The highest BCUT2D eigenvalue weighted by molar-refractivity contribution is 4.99. The molecular formula is C23H41NO. The number of methoxy groups -OCH3 is 1. The van der Waals surface area contributed by atoms with Crippen molar-refractivity contribution in [2.45, 2.75) is 71.1 Å². The highest BCUT2D eigenvalue weighted by atomic mass is 16.5. The summed E-state index contributed by atoms with van der Waals surface area (Å²) in [6, 6.07) is 0. The van der Waals surface area contributed by atoms with Gasteiger partial charge in [0.1, 0.15) is 0 Å². The molecule has 0 heterocycles. The van der Waals surface area contributed by atoms with Crippen LogP contribution in [0.4, 0.5) is 0 Å². The third-order valence-electron chi connectivity index (χ3n) is 3.91. The zero-order valence-electron chi connectivity index (χ0n) is 16.7. The van der Waals surface area contributed by atoms with E-state index >= 15 is 0 Å². The summed E-state index contributed by atoms with van der Waals surface area (Å²) in [6.45, 7) is 5.11. The van der Waals surface area contributed by atoms with Crippen LogP contribution >= 0.6 is 0 Å². The SMILES string of the molecule is CCCCCC=CCC=CCC=CCC=CCCCCNCCOC. The van der Waals surface area contributed by atoms with Gasteiger partial charge in [0, 0.05) is 13.7 Å². The Morgan fingerprint density at radius 3 is 1.68 bits per heavy atom. The highest BCUT2D eigenvalue weighted by Gasteiger charge is 1.87. The fourth-order valence-electron chi connectivity index (χ4n) is 2.37. The topological polar surface area (TPSA) is 21.3 Å². The highest BCUT2D eigenvalue weighted by Crippen LogP contribution is 2.01. The zero-order valence-corrected chi connectivity index (χ0v) is 16.7. The third kappa shape index (κ3) is 22.9. The molecule has 0 rings (SSSR count). The number of hydrogen-bond acceptors (Lipinski definition) is 2. The number of rotatable bonds is 18. The molecule has 0 aromatic carbocycles. The molecule has 0 aromatic heterocycles. The van der Waals surface area contributed by atoms with E-state index in [2.05, 4.69) is 60.8 Å². The Morgan fingerprint density at radius 2 is 1.16 bits per heavy atom. The lowest BCUT2D eigenvalue weighted by Crippen LogP contribution is -2.20. The van der Waals surface area contributed by atoms with Crippen molar-refractivity contribution < 1.29 is 4.74 Å². The molecule has 0 aliphatic heterocycles. The lowest BCUT2D eigenvalue weighted by molar-refractivity contribution is 0.199. The average molecular weight is 348 g/mol. The van der Waals surface area contributed by atoms with Gasteiger partial charge >= 0.3 is 0 Å². The van der Waals surface area contributed by atoms with Gasteiger partial charge in [-0.2, -0.15) is 0 Å². The second-order valence-electron chi connectivity index (χ2n) is 6.33. The van der Waals surface area contributed by atoms with E-state index < -0.39 is 0 Å². The number of ether oxygens (including phenoxy) is 1. The Kier molecular flexibility index (Phi) is 21.9. The van der Waals surface area contributed by atoms with Crippen LogP contribution in [0.3, 0.4) is 0 Å². The number of allylic oxidation sites excluding steroid dienone is 8. The van der Waals surface area contributed by atoms with E-state index in [0.29, 0.717) is 0 Å². The van der Waals surface area contributed by atoms with Crippen molar-refractivity contribution >= 4 is 0 Å². The van der Waals surface area contributed by atoms with Gasteiger partial charge in [-0.1, -0.05) is 68.4 Å². The molecule has 0 aliphatic rings. The molecule has 2 nitrogen and oxygen atoms in total. The van der Waals surface area contributed by atoms with Gasteiger partial charge in [0.15, 0.2) is 0 Å². The molecule has 0 aromatic rings. The second-order valence-corrected chi connectivity index (χ2v) is 6.33. The minimum absolute atomic E-state index is 0.803. The van der Waals surface area contributed by atoms with Crippen LogP contribution < -0.4 is 5.32 Å². The monoisotopic (exact) mass is 347 g/mol. The molecule has 0 amide bonds. The Hall–Kier alpha value is -1.12. The summed E-state index contributed by atoms with van der Waals surface area (Å²) in [5, 5.41) is 3.37. The van der Waals surface area contributed by atoms with Crippen molar-refractivity contribution in [3.05, 3.63) is 48.6 Å². The van der Waals surface area contributed by atoms with Crippen molar-refractivity contribution in [3.63, 3.8) is 0 Å². The fourth-order valence-corrected chi connectivity index (χ4v) is 2.37. The summed E-state index contributed by atoms with van der Waals surface area (Å²) in [6.07, 6.45) is 30.3. The zero-order chi connectivity index (χ0) is 18.3. The summed E-state index contributed by atoms with van der Waals surface area (Å²) in [7, 11) is 1.74. The predicted octanol–water partition coefficient (Wildman–Crippen LogP) is 6.37. The standard InChI is InChI=1S/C23H41NO/c1-3-4-5-6-7-8-9-10-11-12-13-14-15-16-17-18-19-20-21-24-22-23-25-2/h7-8,10-11,13-14,16-17,24H,3-6,9,12,15,18-23H2,1-2H3. The first-order valence-corrected chi connectivity index (χ1v) is 10.2. The first-order chi connectivity index (χ1) is 12.4. The molecular weight excluding hydrogens is 306 g/mol. The average Bonchev–Trinajstić information content (AvgIpc) is 2.63. The molecule has 0 fully saturated rings. The molecule has 0 saturated heterocycles. The van der Waals surface area contributed by atoms with Crippen LogP contribution in [0.1, 0.15) is 71.1 Å². The molecule has 144 valence electrons. The van der Waals surface area contributed by atoms with Crippen LogP contribution in [0.2, 0.25) is 0 Å². The first kappa shape index (κ1) is 23.9. The van der Waals surface area contributed by atoms with E-state index in [4.69, 9.17) is 4.74 Å². The summed E-state index contributed by atoms with van der Waals surface area (Å²) >= 11 is 0. The van der Waals surface area contributed by atoms with Gasteiger partial charge < -0.3 is 10.1 Å². The van der Waals surface area contributed by atoms with E-state index in [-0.39, 0.29) is 0 Å². The normalized spacial score (nSPS) is 12.6. The Bertz CT molecular complexity index is 355. The van der Waals surface area contributed by atoms with E-state index in [1.54, 1.807) is 7.11 Å². The van der Waals surface area contributed by atoms with Gasteiger partial charge in [0.25, 0.3) is 0 Å². The van der Waals surface area contributed by atoms with Crippen molar-refractivity contribution in [2.24, 2.45) is 0 Å². The molecule has 0 radical (unpaired) electrons. The first-order valence-electron chi connectivity index (χ1n) is 10.2. The Morgan fingerprint density at radius 1 is 0.640 bits per heavy atom. The van der Waals surface area contributed by atoms with Crippen LogP contribution in [-0.2, 0) is 4.74 Å². The van der Waals surface area contributed by atoms with E-state index in [1.807, 2.05) is 0 Å². The van der Waals surface area contributed by atoms with Crippen LogP contribution in [0.15, 0.2) is 48.6 Å². The molecule has 0 atom stereocenters. The number of unbranched alkanes of at least 4 members (excludes halogenated alkanes) is 5. The molecule has 0 aliphatic carbocycles. The molecule has 0 bridgehead atoms. The summed E-state index contributed by atoms with van der Waals surface area (Å²) < 4.78 is 5.00. The molecule has 0 spiro atoms. The number of hydrogen-bond donors (Lipinski definition) is 1. The van der Waals surface area contributed by atoms with E-state index in [0.717, 1.165) is 39.0 Å². The minimum atomic E-state index is 0.803. The maximum Gasteiger partial charge on any atom is 0.0587 e. The van der Waals surface area contributed by atoms with Gasteiger partial charge in [0.2, 0.25) is 0 Å². The van der Waals surface area contributed by atoms with Gasteiger partial charge in [-0.15, -0.1) is 0 Å². The third-order valence-corrected chi connectivity index (χ3v) is 3.91. The summed E-state index contributed by atoms with van der Waals surface area (Å²) in [5.41, 5.74) is 0. The maximum absolute atomic E-state index is 5.00. The van der Waals surface area contributed by atoms with Crippen LogP contribution in [0.5, 0.6) is 0 Å². The molecule has 0 unspecified atom stereocenters. The predicted molar refractivity (Wildman–Crippen MR) is 113 cm³/mol. The van der Waals surface area contributed by atoms with Gasteiger partial charge in [0.05, 0.1) is 6.61 Å². The Labute approximate surface area is 157 Å². The van der Waals surface area contributed by atoms with Crippen LogP contribution in [-0.4, -0.2) is 26.8 Å². The quantitative estimate of drug-likeness (QED) is 0.230. The maximum atomic E-state index is 5.00.